The molecule has 0 radical (unpaired) electrons. The summed E-state index contributed by atoms with van der Waals surface area (Å²) in [5.74, 6) is 0.689. The minimum absolute atomic E-state index is 0.00272. The third kappa shape index (κ3) is 4.33. The van der Waals surface area contributed by atoms with E-state index >= 15 is 0 Å². The Hall–Kier alpha value is -1.30. The molecule has 1 unspecified atom stereocenters. The number of hydrogen-bond donors (Lipinski definition) is 1. The van der Waals surface area contributed by atoms with Crippen molar-refractivity contribution in [3.05, 3.63) is 0 Å². The highest BCUT2D eigenvalue weighted by Crippen LogP contribution is 2.18. The predicted octanol–water partition coefficient (Wildman–Crippen LogP) is 1.06. The fourth-order valence-electron chi connectivity index (χ4n) is 2.64. The number of carbonyl (C=O) groups excluding carboxylic acids is 2. The van der Waals surface area contributed by atoms with Gasteiger partial charge in [0.1, 0.15) is 5.60 Å². The maximum Gasteiger partial charge on any atom is 0.410 e. The number of amides is 2. The summed E-state index contributed by atoms with van der Waals surface area (Å²) in [6.07, 6.45) is 0.330. The van der Waals surface area contributed by atoms with Gasteiger partial charge in [0, 0.05) is 32.1 Å². The van der Waals surface area contributed by atoms with E-state index < -0.39 is 5.60 Å². The van der Waals surface area contributed by atoms with Gasteiger partial charge < -0.3 is 19.9 Å². The third-order valence-electron chi connectivity index (χ3n) is 3.94. The van der Waals surface area contributed by atoms with Crippen molar-refractivity contribution in [1.82, 2.24) is 15.1 Å². The maximum atomic E-state index is 12.2. The number of nitrogens with one attached hydrogen (secondary N) is 1. The quantitative estimate of drug-likeness (QED) is 0.828. The van der Waals surface area contributed by atoms with Gasteiger partial charge in [-0.2, -0.15) is 0 Å². The van der Waals surface area contributed by atoms with Crippen LogP contribution in [-0.4, -0.2) is 66.2 Å². The van der Waals surface area contributed by atoms with Gasteiger partial charge in [-0.3, -0.25) is 4.79 Å². The monoisotopic (exact) mass is 297 g/mol. The summed E-state index contributed by atoms with van der Waals surface area (Å²) in [5, 5.41) is 3.18. The van der Waals surface area contributed by atoms with Crippen molar-refractivity contribution in [1.29, 1.82) is 0 Å². The summed E-state index contributed by atoms with van der Waals surface area (Å²) in [7, 11) is 0. The highest BCUT2D eigenvalue weighted by molar-refractivity contribution is 5.77. The second kappa shape index (κ2) is 6.22. The van der Waals surface area contributed by atoms with Gasteiger partial charge in [-0.15, -0.1) is 0 Å². The first-order valence-electron chi connectivity index (χ1n) is 7.74. The molecule has 1 atom stereocenters. The van der Waals surface area contributed by atoms with Crippen LogP contribution in [0.4, 0.5) is 4.79 Å². The van der Waals surface area contributed by atoms with Crippen molar-refractivity contribution in [3.63, 3.8) is 0 Å². The van der Waals surface area contributed by atoms with E-state index in [1.54, 1.807) is 4.90 Å². The highest BCUT2D eigenvalue weighted by atomic mass is 16.6. The molecule has 21 heavy (non-hydrogen) atoms. The molecule has 2 aliphatic rings. The lowest BCUT2D eigenvalue weighted by Gasteiger charge is -2.41. The summed E-state index contributed by atoms with van der Waals surface area (Å²) in [6, 6.07) is -0.00272. The number of ether oxygens (including phenoxy) is 1. The lowest BCUT2D eigenvalue weighted by Crippen LogP contribution is -2.57. The Kier molecular flexibility index (Phi) is 4.76. The van der Waals surface area contributed by atoms with Crippen LogP contribution in [0.25, 0.3) is 0 Å². The lowest BCUT2D eigenvalue weighted by atomic mass is 9.98. The zero-order valence-electron chi connectivity index (χ0n) is 13.5. The standard InChI is InChI=1S/C15H27N3O3/c1-11-10-17(13(19)7-12-8-16-9-12)5-6-18(11)14(20)21-15(2,3)4/h11-12,16H,5-10H2,1-4H3. The number of nitrogens with zero attached hydrogens (tertiary/aromatic N) is 2. The Bertz CT molecular complexity index is 401. The van der Waals surface area contributed by atoms with Crippen LogP contribution < -0.4 is 5.32 Å². The Morgan fingerprint density at radius 3 is 2.38 bits per heavy atom. The Morgan fingerprint density at radius 2 is 1.90 bits per heavy atom. The Morgan fingerprint density at radius 1 is 1.24 bits per heavy atom. The van der Waals surface area contributed by atoms with Gasteiger partial charge in [-0.1, -0.05) is 0 Å². The maximum absolute atomic E-state index is 12.2. The van der Waals surface area contributed by atoms with Gasteiger partial charge in [-0.25, -0.2) is 4.79 Å². The number of hydrogen-bond acceptors (Lipinski definition) is 4. The third-order valence-corrected chi connectivity index (χ3v) is 3.94. The molecule has 0 saturated carbocycles. The van der Waals surface area contributed by atoms with E-state index in [9.17, 15) is 9.59 Å². The van der Waals surface area contributed by atoms with Crippen LogP contribution in [0.3, 0.4) is 0 Å². The van der Waals surface area contributed by atoms with Crippen LogP contribution in [-0.2, 0) is 9.53 Å². The molecule has 6 heteroatoms. The first-order valence-corrected chi connectivity index (χ1v) is 7.74. The van der Waals surface area contributed by atoms with Gasteiger partial charge >= 0.3 is 6.09 Å². The normalized spacial score (nSPS) is 23.7. The average molecular weight is 297 g/mol. The van der Waals surface area contributed by atoms with Crippen LogP contribution in [0.15, 0.2) is 0 Å². The van der Waals surface area contributed by atoms with Crippen LogP contribution in [0.2, 0.25) is 0 Å². The van der Waals surface area contributed by atoms with Crippen molar-refractivity contribution in [3.8, 4) is 0 Å². The number of piperazine rings is 1. The van der Waals surface area contributed by atoms with Crippen molar-refractivity contribution in [2.45, 2.75) is 45.8 Å². The SMILES string of the molecule is CC1CN(C(=O)CC2CNC2)CCN1C(=O)OC(C)(C)C. The van der Waals surface area contributed by atoms with Crippen molar-refractivity contribution < 1.29 is 14.3 Å². The molecule has 2 rings (SSSR count). The molecule has 0 bridgehead atoms. The Labute approximate surface area is 126 Å². The molecule has 2 amide bonds. The smallest absolute Gasteiger partial charge is 0.410 e. The zero-order valence-corrected chi connectivity index (χ0v) is 13.5. The topological polar surface area (TPSA) is 61.9 Å². The molecule has 1 N–H and O–H groups in total. The molecule has 120 valence electrons. The van der Waals surface area contributed by atoms with Crippen LogP contribution in [0.5, 0.6) is 0 Å². The van der Waals surface area contributed by atoms with E-state index in [1.165, 1.54) is 0 Å². The summed E-state index contributed by atoms with van der Waals surface area (Å²) in [6.45, 7) is 11.2. The molecule has 0 aliphatic carbocycles. The molecule has 2 heterocycles. The van der Waals surface area contributed by atoms with Gasteiger partial charge in [0.15, 0.2) is 0 Å². The van der Waals surface area contributed by atoms with Crippen LogP contribution in [0.1, 0.15) is 34.1 Å². The van der Waals surface area contributed by atoms with E-state index in [2.05, 4.69) is 5.32 Å². The average Bonchev–Trinajstić information content (AvgIpc) is 2.31. The van der Waals surface area contributed by atoms with Crippen molar-refractivity contribution in [2.75, 3.05) is 32.7 Å². The Balaban J connectivity index is 1.83. The van der Waals surface area contributed by atoms with Crippen LogP contribution in [0, 0.1) is 5.92 Å². The number of carbonyl (C=O) groups is 2. The summed E-state index contributed by atoms with van der Waals surface area (Å²) < 4.78 is 5.41. The van der Waals surface area contributed by atoms with E-state index in [1.807, 2.05) is 32.6 Å². The summed E-state index contributed by atoms with van der Waals surface area (Å²) >= 11 is 0. The predicted molar refractivity (Wildman–Crippen MR) is 80.0 cm³/mol. The number of rotatable bonds is 2. The molecule has 6 nitrogen and oxygen atoms in total. The molecule has 2 aliphatic heterocycles. The molecule has 0 aromatic rings. The van der Waals surface area contributed by atoms with Crippen molar-refractivity contribution in [2.24, 2.45) is 5.92 Å². The lowest BCUT2D eigenvalue weighted by molar-refractivity contribution is -0.135. The molecule has 0 aromatic heterocycles. The molecule has 2 fully saturated rings. The fraction of sp³-hybridized carbons (Fsp3) is 0.867. The van der Waals surface area contributed by atoms with Gasteiger partial charge in [0.05, 0.1) is 0 Å². The molecular weight excluding hydrogens is 270 g/mol. The second-order valence-electron chi connectivity index (χ2n) is 7.09. The second-order valence-corrected chi connectivity index (χ2v) is 7.09. The van der Waals surface area contributed by atoms with E-state index in [0.717, 1.165) is 13.1 Å². The highest BCUT2D eigenvalue weighted by Gasteiger charge is 2.33. The molecule has 2 saturated heterocycles. The summed E-state index contributed by atoms with van der Waals surface area (Å²) in [4.78, 5) is 27.9. The van der Waals surface area contributed by atoms with Crippen molar-refractivity contribution >= 4 is 12.0 Å². The minimum Gasteiger partial charge on any atom is -0.444 e. The molecule has 0 spiro atoms. The first-order chi connectivity index (χ1) is 9.76. The van der Waals surface area contributed by atoms with Gasteiger partial charge in [-0.05, 0) is 46.7 Å². The molecular formula is C15H27N3O3. The summed E-state index contributed by atoms with van der Waals surface area (Å²) in [5.41, 5.74) is -0.485. The fourth-order valence-corrected chi connectivity index (χ4v) is 2.64. The minimum atomic E-state index is -0.485. The van der Waals surface area contributed by atoms with E-state index in [0.29, 0.717) is 32.0 Å². The largest absolute Gasteiger partial charge is 0.444 e. The van der Waals surface area contributed by atoms with E-state index in [-0.39, 0.29) is 18.0 Å². The first kappa shape index (κ1) is 16.1. The molecule has 0 aromatic carbocycles. The zero-order chi connectivity index (χ0) is 15.6. The van der Waals surface area contributed by atoms with E-state index in [4.69, 9.17) is 4.74 Å². The van der Waals surface area contributed by atoms with Crippen LogP contribution >= 0.6 is 0 Å². The van der Waals surface area contributed by atoms with Gasteiger partial charge in [0.2, 0.25) is 5.91 Å². The van der Waals surface area contributed by atoms with Gasteiger partial charge in [0.25, 0.3) is 0 Å².